The van der Waals surface area contributed by atoms with Crippen molar-refractivity contribution in [2.24, 2.45) is 5.92 Å². The number of carbonyl (C=O) groups excluding carboxylic acids is 1. The third-order valence-electron chi connectivity index (χ3n) is 4.20. The van der Waals surface area contributed by atoms with Crippen molar-refractivity contribution in [2.45, 2.75) is 59.3 Å². The summed E-state index contributed by atoms with van der Waals surface area (Å²) in [5.74, 6) is 0.668. The van der Waals surface area contributed by atoms with Crippen LogP contribution in [-0.4, -0.2) is 23.0 Å². The van der Waals surface area contributed by atoms with E-state index in [9.17, 15) is 4.79 Å². The maximum atomic E-state index is 12.6. The Balaban J connectivity index is 2.14. The number of hydrogen-bond acceptors (Lipinski definition) is 3. The standard InChI is InChI=1S/C15H24N2OS/c1-5-10(3)14-15(18)17(13(6-2)16-14)7-12-9-19-8-11(12)4/h8-10,13-14,16H,5-7H2,1-4H3. The summed E-state index contributed by atoms with van der Waals surface area (Å²) < 4.78 is 0. The molecule has 19 heavy (non-hydrogen) atoms. The zero-order valence-corrected chi connectivity index (χ0v) is 13.1. The van der Waals surface area contributed by atoms with E-state index in [2.05, 4.69) is 43.8 Å². The summed E-state index contributed by atoms with van der Waals surface area (Å²) in [7, 11) is 0. The van der Waals surface area contributed by atoms with Crippen LogP contribution < -0.4 is 5.32 Å². The van der Waals surface area contributed by atoms with Crippen LogP contribution in [0.15, 0.2) is 10.8 Å². The Morgan fingerprint density at radius 1 is 1.42 bits per heavy atom. The van der Waals surface area contributed by atoms with Crippen LogP contribution in [0, 0.1) is 12.8 Å². The molecule has 0 spiro atoms. The fourth-order valence-electron chi connectivity index (χ4n) is 2.60. The molecule has 1 aliphatic heterocycles. The van der Waals surface area contributed by atoms with E-state index in [1.54, 1.807) is 11.3 Å². The van der Waals surface area contributed by atoms with E-state index in [0.29, 0.717) is 5.92 Å². The first kappa shape index (κ1) is 14.5. The number of thiophene rings is 1. The van der Waals surface area contributed by atoms with Crippen LogP contribution >= 0.6 is 11.3 Å². The highest BCUT2D eigenvalue weighted by molar-refractivity contribution is 7.08. The lowest BCUT2D eigenvalue weighted by Gasteiger charge is -2.23. The van der Waals surface area contributed by atoms with Gasteiger partial charge in [-0.3, -0.25) is 10.1 Å². The van der Waals surface area contributed by atoms with Crippen LogP contribution in [0.2, 0.25) is 0 Å². The van der Waals surface area contributed by atoms with Crippen LogP contribution in [-0.2, 0) is 11.3 Å². The van der Waals surface area contributed by atoms with Crippen molar-refractivity contribution >= 4 is 17.2 Å². The molecule has 0 saturated carbocycles. The van der Waals surface area contributed by atoms with Gasteiger partial charge in [0, 0.05) is 6.54 Å². The molecule has 3 atom stereocenters. The molecular formula is C15H24N2OS. The van der Waals surface area contributed by atoms with Gasteiger partial charge in [-0.2, -0.15) is 11.3 Å². The molecule has 0 radical (unpaired) electrons. The van der Waals surface area contributed by atoms with Crippen LogP contribution in [0.25, 0.3) is 0 Å². The molecule has 2 rings (SSSR count). The summed E-state index contributed by atoms with van der Waals surface area (Å²) in [6, 6.07) is -0.00566. The van der Waals surface area contributed by atoms with Crippen LogP contribution in [0.3, 0.4) is 0 Å². The van der Waals surface area contributed by atoms with Gasteiger partial charge in [0.2, 0.25) is 5.91 Å². The normalized spacial score (nSPS) is 25.1. The number of rotatable bonds is 5. The molecule has 1 N–H and O–H groups in total. The maximum Gasteiger partial charge on any atom is 0.241 e. The molecule has 2 heterocycles. The molecular weight excluding hydrogens is 256 g/mol. The molecule has 0 aromatic carbocycles. The summed E-state index contributed by atoms with van der Waals surface area (Å²) in [5, 5.41) is 7.81. The average Bonchev–Trinajstić information content (AvgIpc) is 2.95. The topological polar surface area (TPSA) is 32.3 Å². The smallest absolute Gasteiger partial charge is 0.241 e. The van der Waals surface area contributed by atoms with Crippen LogP contribution in [0.5, 0.6) is 0 Å². The largest absolute Gasteiger partial charge is 0.321 e. The van der Waals surface area contributed by atoms with E-state index in [1.807, 2.05) is 4.90 Å². The minimum absolute atomic E-state index is 0.00566. The molecule has 1 amide bonds. The van der Waals surface area contributed by atoms with Crippen molar-refractivity contribution in [3.05, 3.63) is 21.9 Å². The third-order valence-corrected chi connectivity index (χ3v) is 5.11. The van der Waals surface area contributed by atoms with Gasteiger partial charge in [-0.25, -0.2) is 0 Å². The van der Waals surface area contributed by atoms with E-state index in [4.69, 9.17) is 0 Å². The molecule has 0 bridgehead atoms. The number of nitrogens with zero attached hydrogens (tertiary/aromatic N) is 1. The van der Waals surface area contributed by atoms with Crippen molar-refractivity contribution < 1.29 is 4.79 Å². The van der Waals surface area contributed by atoms with E-state index in [1.165, 1.54) is 11.1 Å². The fourth-order valence-corrected chi connectivity index (χ4v) is 3.45. The molecule has 106 valence electrons. The van der Waals surface area contributed by atoms with Gasteiger partial charge in [-0.1, -0.05) is 27.2 Å². The lowest BCUT2D eigenvalue weighted by Crippen LogP contribution is -2.37. The minimum atomic E-state index is -0.00566. The van der Waals surface area contributed by atoms with Crippen LogP contribution in [0.4, 0.5) is 0 Å². The van der Waals surface area contributed by atoms with Gasteiger partial charge in [-0.15, -0.1) is 0 Å². The maximum absolute atomic E-state index is 12.6. The molecule has 1 aliphatic rings. The molecule has 3 unspecified atom stereocenters. The number of nitrogens with one attached hydrogen (secondary N) is 1. The zero-order valence-electron chi connectivity index (χ0n) is 12.3. The van der Waals surface area contributed by atoms with Gasteiger partial charge in [-0.05, 0) is 41.1 Å². The summed E-state index contributed by atoms with van der Waals surface area (Å²) in [6.45, 7) is 9.30. The lowest BCUT2D eigenvalue weighted by atomic mass is 9.99. The van der Waals surface area contributed by atoms with E-state index in [0.717, 1.165) is 19.4 Å². The highest BCUT2D eigenvalue weighted by Gasteiger charge is 2.40. The highest BCUT2D eigenvalue weighted by Crippen LogP contribution is 2.24. The van der Waals surface area contributed by atoms with Crippen LogP contribution in [0.1, 0.15) is 44.7 Å². The summed E-state index contributed by atoms with van der Waals surface area (Å²) in [6.07, 6.45) is 2.18. The second-order valence-electron chi connectivity index (χ2n) is 5.50. The number of amides is 1. The first-order valence-electron chi connectivity index (χ1n) is 7.16. The van der Waals surface area contributed by atoms with Gasteiger partial charge < -0.3 is 4.90 Å². The Labute approximate surface area is 120 Å². The zero-order chi connectivity index (χ0) is 14.0. The predicted octanol–water partition coefficient (Wildman–Crippen LogP) is 3.14. The van der Waals surface area contributed by atoms with Gasteiger partial charge in [0.25, 0.3) is 0 Å². The minimum Gasteiger partial charge on any atom is -0.321 e. The van der Waals surface area contributed by atoms with Crippen molar-refractivity contribution in [3.63, 3.8) is 0 Å². The lowest BCUT2D eigenvalue weighted by molar-refractivity contribution is -0.131. The first-order valence-corrected chi connectivity index (χ1v) is 8.10. The Morgan fingerprint density at radius 3 is 2.68 bits per heavy atom. The Kier molecular flexibility index (Phi) is 4.63. The van der Waals surface area contributed by atoms with Crippen molar-refractivity contribution in [3.8, 4) is 0 Å². The first-order chi connectivity index (χ1) is 9.08. The second kappa shape index (κ2) is 6.06. The molecule has 1 aromatic heterocycles. The van der Waals surface area contributed by atoms with Gasteiger partial charge in [0.15, 0.2) is 0 Å². The number of hydrogen-bond donors (Lipinski definition) is 1. The number of aryl methyl sites for hydroxylation is 1. The average molecular weight is 280 g/mol. The van der Waals surface area contributed by atoms with E-state index >= 15 is 0 Å². The molecule has 0 aliphatic carbocycles. The van der Waals surface area contributed by atoms with Gasteiger partial charge in [0.1, 0.15) is 0 Å². The quantitative estimate of drug-likeness (QED) is 0.898. The van der Waals surface area contributed by atoms with Crippen molar-refractivity contribution in [1.29, 1.82) is 0 Å². The molecule has 1 aromatic rings. The van der Waals surface area contributed by atoms with Gasteiger partial charge >= 0.3 is 0 Å². The van der Waals surface area contributed by atoms with E-state index < -0.39 is 0 Å². The molecule has 3 nitrogen and oxygen atoms in total. The Bertz CT molecular complexity index is 443. The molecule has 1 fully saturated rings. The monoisotopic (exact) mass is 280 g/mol. The van der Waals surface area contributed by atoms with Gasteiger partial charge in [0.05, 0.1) is 12.2 Å². The fraction of sp³-hybridized carbons (Fsp3) is 0.667. The SMILES string of the molecule is CCC(C)C1NC(CC)N(Cc2cscc2C)C1=O. The third kappa shape index (κ3) is 2.84. The predicted molar refractivity (Wildman–Crippen MR) is 80.1 cm³/mol. The summed E-state index contributed by atoms with van der Waals surface area (Å²) in [4.78, 5) is 14.6. The van der Waals surface area contributed by atoms with Crippen molar-refractivity contribution in [1.82, 2.24) is 10.2 Å². The summed E-state index contributed by atoms with van der Waals surface area (Å²) >= 11 is 1.71. The van der Waals surface area contributed by atoms with Crippen molar-refractivity contribution in [2.75, 3.05) is 0 Å². The molecule has 4 heteroatoms. The molecule has 1 saturated heterocycles. The Hall–Kier alpha value is -0.870. The summed E-state index contributed by atoms with van der Waals surface area (Å²) in [5.41, 5.74) is 2.57. The highest BCUT2D eigenvalue weighted by atomic mass is 32.1. The Morgan fingerprint density at radius 2 is 2.16 bits per heavy atom. The second-order valence-corrected chi connectivity index (χ2v) is 6.24. The number of carbonyl (C=O) groups is 1. The van der Waals surface area contributed by atoms with E-state index in [-0.39, 0.29) is 18.1 Å².